The molecule has 0 spiro atoms. The van der Waals surface area contributed by atoms with Gasteiger partial charge in [0.1, 0.15) is 71.1 Å². The molecule has 0 aromatic heterocycles. The van der Waals surface area contributed by atoms with E-state index >= 15 is 24.0 Å². The summed E-state index contributed by atoms with van der Waals surface area (Å²) in [4.78, 5) is 150. The van der Waals surface area contributed by atoms with Crippen LogP contribution in [0.2, 0.25) is 0 Å². The first-order valence-corrected chi connectivity index (χ1v) is 36.5. The van der Waals surface area contributed by atoms with Crippen LogP contribution in [0.1, 0.15) is 122 Å². The number of rotatable bonds is 18. The fourth-order valence-electron chi connectivity index (χ4n) is 12.1. The third kappa shape index (κ3) is 23.9. The van der Waals surface area contributed by atoms with Crippen LogP contribution in [-0.4, -0.2) is 182 Å². The van der Waals surface area contributed by atoms with Gasteiger partial charge in [0.25, 0.3) is 0 Å². The quantitative estimate of drug-likeness (QED) is 0.0604. The third-order valence-corrected chi connectivity index (χ3v) is 20.1. The average Bonchev–Trinajstić information content (AvgIpc) is 1.59. The van der Waals surface area contributed by atoms with Crippen LogP contribution in [0.25, 0.3) is 0 Å². The van der Waals surface area contributed by atoms with Crippen LogP contribution < -0.4 is 57.2 Å². The Bertz CT molecular complexity index is 3410. The monoisotopic (exact) mass is 1420 g/mol. The number of nitrogens with zero attached hydrogens (tertiary/aromatic N) is 2. The Morgan fingerprint density at radius 2 is 1.00 bits per heavy atom. The van der Waals surface area contributed by atoms with Gasteiger partial charge >= 0.3 is 0 Å². The molecule has 10 atom stereocenters. The zero-order chi connectivity index (χ0) is 73.4. The average molecular weight is 1420 g/mol. The molecule has 0 radical (unpaired) electrons. The number of thioether (sulfide) groups is 2. The summed E-state index contributed by atoms with van der Waals surface area (Å²) < 4.78 is 22.0. The summed E-state index contributed by atoms with van der Waals surface area (Å²) in [6.45, 7) is 14.6. The molecular formula is C74H104N10O14S2. The van der Waals surface area contributed by atoms with E-state index in [1.54, 1.807) is 86.6 Å². The van der Waals surface area contributed by atoms with Crippen molar-refractivity contribution in [2.24, 2.45) is 23.5 Å². The number of hydrogen-bond acceptors (Lipinski definition) is 16. The van der Waals surface area contributed by atoms with Gasteiger partial charge in [0.15, 0.2) is 0 Å². The molecule has 2 aliphatic rings. The topological polar surface area (TPSA) is 324 Å². The number of fused-ring (bicyclic) bond motifs is 3. The molecule has 10 amide bonds. The van der Waals surface area contributed by atoms with Crippen molar-refractivity contribution in [3.05, 3.63) is 125 Å². The first-order chi connectivity index (χ1) is 47.5. The zero-order valence-corrected chi connectivity index (χ0v) is 61.7. The number of carbonyl (C=O) groups is 10. The lowest BCUT2D eigenvalue weighted by molar-refractivity contribution is -0.148. The minimum Gasteiger partial charge on any atom is -0.497 e. The van der Waals surface area contributed by atoms with Gasteiger partial charge in [-0.25, -0.2) is 0 Å². The second kappa shape index (κ2) is 39.0. The van der Waals surface area contributed by atoms with Gasteiger partial charge < -0.3 is 71.7 Å². The highest BCUT2D eigenvalue weighted by Crippen LogP contribution is 2.32. The predicted octanol–water partition coefficient (Wildman–Crippen LogP) is 5.57. The number of hydrogen-bond donors (Lipinski definition) is 8. The summed E-state index contributed by atoms with van der Waals surface area (Å²) in [7, 11) is 7.32. The largest absolute Gasteiger partial charge is 0.497 e. The molecule has 546 valence electrons. The van der Waals surface area contributed by atoms with Gasteiger partial charge in [-0.2, -0.15) is 23.5 Å². The number of ether oxygens (including phenoxy) is 4. The molecule has 9 N–H and O–H groups in total. The predicted molar refractivity (Wildman–Crippen MR) is 387 cm³/mol. The van der Waals surface area contributed by atoms with E-state index in [2.05, 4.69) is 37.2 Å². The lowest BCUT2D eigenvalue weighted by Gasteiger charge is -2.37. The van der Waals surface area contributed by atoms with Crippen molar-refractivity contribution in [2.75, 3.05) is 53.5 Å². The second-order valence-electron chi connectivity index (χ2n) is 27.2. The van der Waals surface area contributed by atoms with E-state index in [1.165, 1.54) is 68.8 Å². The molecule has 1 saturated heterocycles. The molecule has 4 aromatic rings. The van der Waals surface area contributed by atoms with E-state index in [1.807, 2.05) is 65.8 Å². The summed E-state index contributed by atoms with van der Waals surface area (Å²) in [6, 6.07) is 18.3. The highest BCUT2D eigenvalue weighted by atomic mass is 32.2. The van der Waals surface area contributed by atoms with Gasteiger partial charge in [0, 0.05) is 69.4 Å². The fourth-order valence-corrected chi connectivity index (χ4v) is 14.0. The number of nitrogens with two attached hydrogens (primary N) is 1. The lowest BCUT2D eigenvalue weighted by Crippen LogP contribution is -2.64. The van der Waals surface area contributed by atoms with Crippen LogP contribution in [0.15, 0.2) is 97.1 Å². The van der Waals surface area contributed by atoms with Gasteiger partial charge in [-0.15, -0.1) is 0 Å². The summed E-state index contributed by atoms with van der Waals surface area (Å²) in [5.74, 6) is -3.99. The Morgan fingerprint density at radius 3 is 1.49 bits per heavy atom. The minimum absolute atomic E-state index is 0.0468. The molecule has 4 aromatic carbocycles. The normalized spacial score (nSPS) is 24.0. The second-order valence-corrected chi connectivity index (χ2v) is 29.4. The first-order valence-electron chi connectivity index (χ1n) is 34.2. The van der Waals surface area contributed by atoms with Crippen LogP contribution in [0.4, 0.5) is 0 Å². The van der Waals surface area contributed by atoms with Crippen LogP contribution in [0.3, 0.4) is 0 Å². The Labute approximate surface area is 597 Å². The molecule has 1 fully saturated rings. The van der Waals surface area contributed by atoms with Crippen molar-refractivity contribution >= 4 is 82.6 Å². The van der Waals surface area contributed by atoms with E-state index in [9.17, 15) is 24.0 Å². The molecular weight excluding hydrogens is 1320 g/mol. The summed E-state index contributed by atoms with van der Waals surface area (Å²) in [5, 5.41) is 20.3. The number of amides is 10. The molecule has 24 nitrogen and oxygen atoms in total. The van der Waals surface area contributed by atoms with Crippen molar-refractivity contribution in [1.29, 1.82) is 0 Å². The van der Waals surface area contributed by atoms with Crippen molar-refractivity contribution in [2.45, 2.75) is 185 Å². The molecule has 0 unspecified atom stereocenters. The van der Waals surface area contributed by atoms with E-state index in [4.69, 9.17) is 24.7 Å². The van der Waals surface area contributed by atoms with Crippen molar-refractivity contribution in [3.8, 4) is 17.2 Å². The fraction of sp³-hybridized carbons (Fsp3) is 0.541. The molecule has 0 saturated carbocycles. The van der Waals surface area contributed by atoms with Crippen molar-refractivity contribution in [1.82, 2.24) is 47.0 Å². The highest BCUT2D eigenvalue weighted by molar-refractivity contribution is 7.98. The smallest absolute Gasteiger partial charge is 0.246 e. The number of nitrogens with one attached hydrogen (secondary N) is 7. The van der Waals surface area contributed by atoms with E-state index in [0.717, 1.165) is 11.1 Å². The molecule has 6 rings (SSSR count). The Kier molecular flexibility index (Phi) is 31.4. The first kappa shape index (κ1) is 80.6. The Morgan fingerprint density at radius 1 is 0.550 bits per heavy atom. The molecule has 2 heterocycles. The van der Waals surface area contributed by atoms with Crippen LogP contribution >= 0.6 is 23.5 Å². The van der Waals surface area contributed by atoms with Gasteiger partial charge in [-0.3, -0.25) is 47.9 Å². The maximum atomic E-state index is 15.5. The molecule has 0 aliphatic carbocycles. The molecule has 26 heteroatoms. The van der Waals surface area contributed by atoms with Crippen molar-refractivity contribution in [3.63, 3.8) is 0 Å². The molecule has 2 aliphatic heterocycles. The van der Waals surface area contributed by atoms with Crippen LogP contribution in [0.5, 0.6) is 17.2 Å². The molecule has 100 heavy (non-hydrogen) atoms. The summed E-state index contributed by atoms with van der Waals surface area (Å²) in [5.41, 5.74) is 8.19. The molecule has 2 bridgehead atoms. The minimum atomic E-state index is -1.51. The van der Waals surface area contributed by atoms with E-state index in [-0.39, 0.29) is 87.3 Å². The van der Waals surface area contributed by atoms with E-state index in [0.29, 0.717) is 57.6 Å². The number of benzene rings is 4. The summed E-state index contributed by atoms with van der Waals surface area (Å²) in [6.07, 6.45) is -0.150. The number of primary amides is 1. The maximum absolute atomic E-state index is 15.5. The third-order valence-electron chi connectivity index (χ3n) is 17.9. The Balaban J connectivity index is 1.43. The number of carbonyl (C=O) groups excluding carboxylic acids is 10. The standard InChI is InChI=1S/C74H104N10O14S2/c1-44(2)34-56-66(87)77-57(35-45(3)4)67(88)78-58(38-48-18-24-53(96-11)25-19-48)68(89)79-59(39-49-20-26-54(97-12)27-21-49)71(92)83(9)62(36-46(5)6)69(90)82-64(47(7)95-10)70(91)80-60(40-50-22-28-55(98-13)29-23-50)72(93)84-32-15-31-74(84,8)73(94)81-61(65(75)86)43-100-42-52-17-14-16-51(37-52)41-99-33-30-63(85)76-56/h14,16-29,37,44-47,56-62,64H,15,30-36,38-43H2,1-13H3,(H2,75,86)(H,76,85)(H,77,87)(H,78,88)(H,79,89)(H,80,91)(H,81,94)(H,82,90)/t47-,56+,57-,58+,59+,60+,61+,62+,64+,74+/m1/s1. The Hall–Kier alpha value is -8.36. The van der Waals surface area contributed by atoms with Gasteiger partial charge in [0.2, 0.25) is 59.1 Å². The zero-order valence-electron chi connectivity index (χ0n) is 60.1. The lowest BCUT2D eigenvalue weighted by atomic mass is 9.95. The van der Waals surface area contributed by atoms with Crippen molar-refractivity contribution < 1.29 is 66.9 Å². The van der Waals surface area contributed by atoms with Gasteiger partial charge in [-0.05, 0) is 128 Å². The van der Waals surface area contributed by atoms with Crippen LogP contribution in [-0.2, 0) is 83.5 Å². The van der Waals surface area contributed by atoms with E-state index < -0.39 is 113 Å². The maximum Gasteiger partial charge on any atom is 0.246 e. The highest BCUT2D eigenvalue weighted by Gasteiger charge is 2.49. The van der Waals surface area contributed by atoms with Gasteiger partial charge in [-0.1, -0.05) is 102 Å². The van der Waals surface area contributed by atoms with Crippen LogP contribution in [0, 0.1) is 17.8 Å². The number of methoxy groups -OCH3 is 4. The number of likely N-dealkylation sites (N-methyl/N-ethyl adjacent to an activating group) is 1. The summed E-state index contributed by atoms with van der Waals surface area (Å²) >= 11 is 2.92. The van der Waals surface area contributed by atoms with Gasteiger partial charge in [0.05, 0.1) is 27.4 Å². The SMILES string of the molecule is COc1ccc(C[C@@H]2NC(=O)[C@@H](CC(C)C)NC(=O)[C@H](CC(C)C)NC(=O)CCSCc3cccc(c3)CSC[C@@H](C(N)=O)NC(=O)[C@]3(C)CCCN3C(=O)[C@H](Cc3ccc(OC)cc3)NC(=O)[C@H]([C@@H](C)OC)NC(=O)[C@H](CC(C)C)N(C)C(=O)[C@H](Cc3ccc(OC)cc3)NC2=O)cc1.